The van der Waals surface area contributed by atoms with Crippen LogP contribution in [0.5, 0.6) is 0 Å². The molecule has 0 bridgehead atoms. The van der Waals surface area contributed by atoms with Crippen LogP contribution in [0.1, 0.15) is 24.4 Å². The van der Waals surface area contributed by atoms with Crippen LogP contribution < -0.4 is 0 Å². The van der Waals surface area contributed by atoms with E-state index in [-0.39, 0.29) is 11.7 Å². The molecule has 0 N–H and O–H groups in total. The predicted molar refractivity (Wildman–Crippen MR) is 83.8 cm³/mol. The third-order valence-electron chi connectivity index (χ3n) is 4.10. The van der Waals surface area contributed by atoms with Gasteiger partial charge in [0.15, 0.2) is 5.76 Å². The molecule has 122 valence electrons. The minimum absolute atomic E-state index is 0.0117. The molecule has 2 heterocycles. The topological polar surface area (TPSA) is 57.0 Å². The van der Waals surface area contributed by atoms with Crippen molar-refractivity contribution in [2.24, 2.45) is 0 Å². The summed E-state index contributed by atoms with van der Waals surface area (Å²) in [6.45, 7) is 9.61. The van der Waals surface area contributed by atoms with Gasteiger partial charge in [-0.3, -0.25) is 19.4 Å². The monoisotopic (exact) mass is 307 g/mol. The molecule has 2 rings (SSSR count). The molecule has 0 unspecified atom stereocenters. The summed E-state index contributed by atoms with van der Waals surface area (Å²) in [7, 11) is 0. The van der Waals surface area contributed by atoms with Crippen LogP contribution in [0.2, 0.25) is 0 Å². The van der Waals surface area contributed by atoms with Gasteiger partial charge in [0.1, 0.15) is 0 Å². The molecular formula is C16H25N3O3. The van der Waals surface area contributed by atoms with Crippen LogP contribution in [0.25, 0.3) is 0 Å². The Morgan fingerprint density at radius 3 is 2.18 bits per heavy atom. The van der Waals surface area contributed by atoms with E-state index >= 15 is 0 Å². The highest BCUT2D eigenvalue weighted by molar-refractivity contribution is 5.95. The normalized spacial score (nSPS) is 16.6. The maximum atomic E-state index is 12.1. The van der Waals surface area contributed by atoms with Crippen molar-refractivity contribution in [3.05, 3.63) is 24.2 Å². The molecule has 1 aromatic heterocycles. The summed E-state index contributed by atoms with van der Waals surface area (Å²) < 4.78 is 5.12. The van der Waals surface area contributed by atoms with Crippen LogP contribution in [0.4, 0.5) is 0 Å². The minimum atomic E-state index is 0.0117. The number of rotatable bonds is 7. The Labute approximate surface area is 131 Å². The average molecular weight is 307 g/mol. The van der Waals surface area contributed by atoms with Gasteiger partial charge in [-0.1, -0.05) is 0 Å². The zero-order valence-electron chi connectivity index (χ0n) is 13.5. The maximum absolute atomic E-state index is 12.1. The summed E-state index contributed by atoms with van der Waals surface area (Å²) in [6, 6.07) is 3.42. The lowest BCUT2D eigenvalue weighted by molar-refractivity contribution is -0.132. The lowest BCUT2D eigenvalue weighted by Gasteiger charge is -2.34. The van der Waals surface area contributed by atoms with Crippen molar-refractivity contribution >= 4 is 11.7 Å². The smallest absolute Gasteiger partial charge is 0.236 e. The first-order valence-electron chi connectivity index (χ1n) is 7.93. The van der Waals surface area contributed by atoms with Gasteiger partial charge in [0, 0.05) is 39.3 Å². The van der Waals surface area contributed by atoms with Crippen molar-refractivity contribution in [1.82, 2.24) is 14.7 Å². The highest BCUT2D eigenvalue weighted by Crippen LogP contribution is 2.07. The van der Waals surface area contributed by atoms with Gasteiger partial charge in [-0.25, -0.2) is 0 Å². The van der Waals surface area contributed by atoms with Crippen LogP contribution in [0, 0.1) is 0 Å². The number of carbonyl (C=O) groups excluding carboxylic acids is 2. The van der Waals surface area contributed by atoms with E-state index in [0.29, 0.717) is 18.8 Å². The Balaban J connectivity index is 1.74. The van der Waals surface area contributed by atoms with Crippen molar-refractivity contribution < 1.29 is 14.0 Å². The zero-order valence-corrected chi connectivity index (χ0v) is 13.5. The quantitative estimate of drug-likeness (QED) is 0.702. The number of amides is 1. The molecule has 1 aliphatic heterocycles. The molecule has 0 atom stereocenters. The van der Waals surface area contributed by atoms with Gasteiger partial charge in [0.05, 0.1) is 19.4 Å². The molecule has 1 fully saturated rings. The van der Waals surface area contributed by atoms with Gasteiger partial charge < -0.3 is 9.32 Å². The first-order valence-corrected chi connectivity index (χ1v) is 7.93. The summed E-state index contributed by atoms with van der Waals surface area (Å²) in [4.78, 5) is 30.2. The summed E-state index contributed by atoms with van der Waals surface area (Å²) in [5, 5.41) is 0. The van der Waals surface area contributed by atoms with Crippen LogP contribution >= 0.6 is 0 Å². The molecule has 0 radical (unpaired) electrons. The Hall–Kier alpha value is -1.66. The van der Waals surface area contributed by atoms with Crippen LogP contribution in [-0.4, -0.2) is 78.7 Å². The SMILES string of the molecule is CCN(CC)C(=O)CN1CCN(CC(=O)c2ccco2)CC1. The predicted octanol–water partition coefficient (Wildman–Crippen LogP) is 0.948. The van der Waals surface area contributed by atoms with Crippen molar-refractivity contribution in [3.8, 4) is 0 Å². The van der Waals surface area contributed by atoms with Crippen molar-refractivity contribution in [2.75, 3.05) is 52.4 Å². The molecule has 0 aromatic carbocycles. The molecule has 22 heavy (non-hydrogen) atoms. The van der Waals surface area contributed by atoms with E-state index in [0.717, 1.165) is 39.3 Å². The van der Waals surface area contributed by atoms with E-state index in [9.17, 15) is 9.59 Å². The fourth-order valence-corrected chi connectivity index (χ4v) is 2.69. The second kappa shape index (κ2) is 8.10. The minimum Gasteiger partial charge on any atom is -0.461 e. The first kappa shape index (κ1) is 16.7. The Morgan fingerprint density at radius 2 is 1.68 bits per heavy atom. The van der Waals surface area contributed by atoms with Crippen molar-refractivity contribution in [1.29, 1.82) is 0 Å². The van der Waals surface area contributed by atoms with Gasteiger partial charge in [-0.05, 0) is 26.0 Å². The van der Waals surface area contributed by atoms with Crippen LogP contribution in [0.15, 0.2) is 22.8 Å². The molecule has 6 heteroatoms. The maximum Gasteiger partial charge on any atom is 0.236 e. The number of likely N-dealkylation sites (N-methyl/N-ethyl adjacent to an activating group) is 1. The molecule has 0 aliphatic carbocycles. The van der Waals surface area contributed by atoms with Crippen LogP contribution in [0.3, 0.4) is 0 Å². The molecule has 6 nitrogen and oxygen atoms in total. The molecule has 0 saturated carbocycles. The van der Waals surface area contributed by atoms with Crippen LogP contribution in [-0.2, 0) is 4.79 Å². The highest BCUT2D eigenvalue weighted by atomic mass is 16.3. The second-order valence-electron chi connectivity index (χ2n) is 5.52. The van der Waals surface area contributed by atoms with E-state index in [4.69, 9.17) is 4.42 Å². The fraction of sp³-hybridized carbons (Fsp3) is 0.625. The summed E-state index contributed by atoms with van der Waals surface area (Å²) >= 11 is 0. The van der Waals surface area contributed by atoms with Crippen molar-refractivity contribution in [2.45, 2.75) is 13.8 Å². The lowest BCUT2D eigenvalue weighted by atomic mass is 10.2. The van der Waals surface area contributed by atoms with E-state index in [1.807, 2.05) is 18.7 Å². The summed E-state index contributed by atoms with van der Waals surface area (Å²) in [5.74, 6) is 0.613. The average Bonchev–Trinajstić information content (AvgIpc) is 3.05. The standard InChI is InChI=1S/C16H25N3O3/c1-3-19(4-2)16(21)13-18-9-7-17(8-10-18)12-14(20)15-6-5-11-22-15/h5-6,11H,3-4,7-10,12-13H2,1-2H3. The largest absolute Gasteiger partial charge is 0.461 e. The Morgan fingerprint density at radius 1 is 1.09 bits per heavy atom. The summed E-state index contributed by atoms with van der Waals surface area (Å²) in [5.41, 5.74) is 0. The molecule has 0 spiro atoms. The zero-order chi connectivity index (χ0) is 15.9. The van der Waals surface area contributed by atoms with E-state index in [1.54, 1.807) is 12.1 Å². The van der Waals surface area contributed by atoms with E-state index in [1.165, 1.54) is 6.26 Å². The molecule has 1 aliphatic rings. The second-order valence-corrected chi connectivity index (χ2v) is 5.52. The number of carbonyl (C=O) groups is 2. The third kappa shape index (κ3) is 4.42. The number of hydrogen-bond acceptors (Lipinski definition) is 5. The third-order valence-corrected chi connectivity index (χ3v) is 4.10. The lowest BCUT2D eigenvalue weighted by Crippen LogP contribution is -2.51. The van der Waals surface area contributed by atoms with E-state index in [2.05, 4.69) is 9.80 Å². The molecule has 1 saturated heterocycles. The van der Waals surface area contributed by atoms with Crippen molar-refractivity contribution in [3.63, 3.8) is 0 Å². The highest BCUT2D eigenvalue weighted by Gasteiger charge is 2.22. The first-order chi connectivity index (χ1) is 10.6. The molecular weight excluding hydrogens is 282 g/mol. The van der Waals surface area contributed by atoms with Gasteiger partial charge in [0.2, 0.25) is 11.7 Å². The number of Topliss-reactive ketones (excluding diaryl/α,β-unsaturated/α-hetero) is 1. The summed E-state index contributed by atoms with van der Waals surface area (Å²) in [6.07, 6.45) is 1.52. The molecule has 1 amide bonds. The van der Waals surface area contributed by atoms with Gasteiger partial charge >= 0.3 is 0 Å². The number of nitrogens with zero attached hydrogens (tertiary/aromatic N) is 3. The number of furan rings is 1. The van der Waals surface area contributed by atoms with Gasteiger partial charge in [-0.2, -0.15) is 0 Å². The number of hydrogen-bond donors (Lipinski definition) is 0. The number of ketones is 1. The fourth-order valence-electron chi connectivity index (χ4n) is 2.69. The number of piperazine rings is 1. The Bertz CT molecular complexity index is 475. The molecule has 1 aromatic rings. The Kier molecular flexibility index (Phi) is 6.15. The van der Waals surface area contributed by atoms with Gasteiger partial charge in [0.25, 0.3) is 0 Å². The van der Waals surface area contributed by atoms with E-state index < -0.39 is 0 Å². The van der Waals surface area contributed by atoms with Gasteiger partial charge in [-0.15, -0.1) is 0 Å².